The minimum Gasteiger partial charge on any atom is -0.438 e. The summed E-state index contributed by atoms with van der Waals surface area (Å²) in [7, 11) is -4.23. The lowest BCUT2D eigenvalue weighted by Gasteiger charge is -2.16. The van der Waals surface area contributed by atoms with Gasteiger partial charge in [-0.15, -0.1) is 0 Å². The fraction of sp³-hybridized carbons (Fsp3) is 0.172. The smallest absolute Gasteiger partial charge is 0.281 e. The Balaban J connectivity index is 1.76. The molecule has 2 aromatic carbocycles. The number of benzene rings is 2. The van der Waals surface area contributed by atoms with E-state index >= 15 is 0 Å². The molecule has 0 saturated carbocycles. The van der Waals surface area contributed by atoms with E-state index in [4.69, 9.17) is 10.00 Å². The van der Waals surface area contributed by atoms with Crippen LogP contribution in [0.25, 0.3) is 11.3 Å². The van der Waals surface area contributed by atoms with Crippen molar-refractivity contribution in [3.8, 4) is 29.0 Å². The number of carbonyl (C=O) groups excluding carboxylic acids is 1. The Morgan fingerprint density at radius 3 is 2.26 bits per heavy atom. The molecule has 0 radical (unpaired) electrons. The lowest BCUT2D eigenvalue weighted by atomic mass is 10.1. The first-order valence-corrected chi connectivity index (χ1v) is 13.3. The van der Waals surface area contributed by atoms with Crippen LogP contribution in [-0.4, -0.2) is 24.3 Å². The first-order valence-electron chi connectivity index (χ1n) is 11.8. The molecule has 9 heteroatoms. The summed E-state index contributed by atoms with van der Waals surface area (Å²) in [6, 6.07) is 21.0. The van der Waals surface area contributed by atoms with E-state index in [1.54, 1.807) is 25.1 Å². The number of ether oxygens (including phenoxy) is 1. The van der Waals surface area contributed by atoms with Gasteiger partial charge < -0.3 is 4.74 Å². The number of nitrogens with one attached hydrogen (secondary N) is 1. The molecule has 1 N–H and O–H groups in total. The second-order valence-corrected chi connectivity index (χ2v) is 10.6. The van der Waals surface area contributed by atoms with E-state index in [2.05, 4.69) is 20.8 Å². The average molecular weight is 527 g/mol. The van der Waals surface area contributed by atoms with Crippen molar-refractivity contribution in [3.63, 3.8) is 0 Å². The van der Waals surface area contributed by atoms with Gasteiger partial charge in [-0.3, -0.25) is 4.79 Å². The number of carbonyl (C=O) groups is 1. The van der Waals surface area contributed by atoms with Crippen LogP contribution in [0.2, 0.25) is 0 Å². The van der Waals surface area contributed by atoms with Gasteiger partial charge in [-0.25, -0.2) is 14.7 Å². The van der Waals surface area contributed by atoms with E-state index in [9.17, 15) is 13.2 Å². The number of aromatic nitrogens is 2. The molecule has 8 nitrogen and oxygen atoms in total. The van der Waals surface area contributed by atoms with Gasteiger partial charge in [0.2, 0.25) is 5.88 Å². The number of aryl methyl sites for hydroxylation is 4. The Kier molecular flexibility index (Phi) is 7.55. The first kappa shape index (κ1) is 26.5. The molecule has 4 aromatic rings. The number of amides is 1. The lowest BCUT2D eigenvalue weighted by molar-refractivity contribution is 0.0978. The van der Waals surface area contributed by atoms with Crippen LogP contribution in [0.15, 0.2) is 71.8 Å². The van der Waals surface area contributed by atoms with Gasteiger partial charge in [-0.05, 0) is 68.7 Å². The van der Waals surface area contributed by atoms with E-state index in [1.165, 1.54) is 12.1 Å². The first-order chi connectivity index (χ1) is 18.1. The third-order valence-corrected chi connectivity index (χ3v) is 7.04. The van der Waals surface area contributed by atoms with E-state index in [0.717, 1.165) is 27.8 Å². The highest BCUT2D eigenvalue weighted by Crippen LogP contribution is 2.32. The number of nitriles is 1. The molecule has 38 heavy (non-hydrogen) atoms. The van der Waals surface area contributed by atoms with Gasteiger partial charge in [0.1, 0.15) is 11.3 Å². The summed E-state index contributed by atoms with van der Waals surface area (Å²) in [5.41, 5.74) is 5.33. The number of sulfonamides is 1. The molecule has 0 aliphatic carbocycles. The zero-order valence-corrected chi connectivity index (χ0v) is 22.3. The van der Waals surface area contributed by atoms with E-state index in [0.29, 0.717) is 17.1 Å². The zero-order chi connectivity index (χ0) is 27.4. The van der Waals surface area contributed by atoms with Crippen molar-refractivity contribution in [1.29, 1.82) is 5.26 Å². The number of hydrogen-bond donors (Lipinski definition) is 1. The van der Waals surface area contributed by atoms with E-state index in [1.807, 2.05) is 57.2 Å². The quantitative estimate of drug-likeness (QED) is 0.344. The Bertz CT molecular complexity index is 1650. The van der Waals surface area contributed by atoms with Crippen molar-refractivity contribution in [3.05, 3.63) is 100 Å². The van der Waals surface area contributed by atoms with Crippen LogP contribution in [-0.2, 0) is 16.4 Å². The predicted molar refractivity (Wildman–Crippen MR) is 143 cm³/mol. The van der Waals surface area contributed by atoms with E-state index in [-0.39, 0.29) is 22.9 Å². The van der Waals surface area contributed by atoms with Crippen LogP contribution in [0.4, 0.5) is 0 Å². The van der Waals surface area contributed by atoms with Crippen molar-refractivity contribution in [2.45, 2.75) is 39.1 Å². The molecule has 0 atom stereocenters. The Labute approximate surface area is 222 Å². The van der Waals surface area contributed by atoms with Crippen LogP contribution in [0.3, 0.4) is 0 Å². The third kappa shape index (κ3) is 5.88. The summed E-state index contributed by atoms with van der Waals surface area (Å²) in [6.45, 7) is 7.41. The zero-order valence-electron chi connectivity index (χ0n) is 21.4. The molecule has 0 aliphatic rings. The summed E-state index contributed by atoms with van der Waals surface area (Å²) in [4.78, 5) is 21.9. The van der Waals surface area contributed by atoms with Crippen LogP contribution >= 0.6 is 0 Å². The third-order valence-electron chi connectivity index (χ3n) is 5.81. The lowest BCUT2D eigenvalue weighted by Crippen LogP contribution is -2.31. The molecular formula is C29H26N4O4S. The van der Waals surface area contributed by atoms with Crippen LogP contribution < -0.4 is 9.46 Å². The van der Waals surface area contributed by atoms with Crippen molar-refractivity contribution >= 4 is 15.9 Å². The molecule has 0 aliphatic heterocycles. The molecular weight excluding hydrogens is 500 g/mol. The maximum absolute atomic E-state index is 13.2. The minimum atomic E-state index is -4.23. The van der Waals surface area contributed by atoms with Gasteiger partial charge in [0.15, 0.2) is 5.03 Å². The molecule has 192 valence electrons. The van der Waals surface area contributed by atoms with Gasteiger partial charge in [0.25, 0.3) is 15.9 Å². The van der Waals surface area contributed by atoms with E-state index < -0.39 is 15.9 Å². The highest BCUT2D eigenvalue weighted by Gasteiger charge is 2.24. The standard InChI is InChI=1S/C29H26N4O4S/c1-18-16-19(2)27(20(3)17-18)37-29-24(28(34)33-38(35,36)26-7-5-6-21(4)31-26)12-13-25(32-29)23-10-8-22(9-11-23)14-15-30/h5-13,16-17H,14H2,1-4H3,(H,33,34). The highest BCUT2D eigenvalue weighted by molar-refractivity contribution is 7.90. The Morgan fingerprint density at radius 2 is 1.63 bits per heavy atom. The number of nitrogens with zero attached hydrogens (tertiary/aromatic N) is 3. The summed E-state index contributed by atoms with van der Waals surface area (Å²) in [6.07, 6.45) is 0.289. The molecule has 0 fully saturated rings. The van der Waals surface area contributed by atoms with Gasteiger partial charge in [0, 0.05) is 11.3 Å². The van der Waals surface area contributed by atoms with Gasteiger partial charge >= 0.3 is 0 Å². The van der Waals surface area contributed by atoms with Gasteiger partial charge in [-0.1, -0.05) is 48.0 Å². The van der Waals surface area contributed by atoms with Gasteiger partial charge in [0.05, 0.1) is 18.2 Å². The van der Waals surface area contributed by atoms with Crippen molar-refractivity contribution in [2.75, 3.05) is 0 Å². The Hall–Kier alpha value is -4.55. The van der Waals surface area contributed by atoms with Crippen LogP contribution in [0.1, 0.15) is 38.3 Å². The fourth-order valence-electron chi connectivity index (χ4n) is 4.06. The minimum absolute atomic E-state index is 0.0384. The van der Waals surface area contributed by atoms with Crippen molar-refractivity contribution < 1.29 is 17.9 Å². The van der Waals surface area contributed by atoms with Crippen LogP contribution in [0.5, 0.6) is 11.6 Å². The van der Waals surface area contributed by atoms with Crippen molar-refractivity contribution in [2.24, 2.45) is 0 Å². The summed E-state index contributed by atoms with van der Waals surface area (Å²) >= 11 is 0. The monoisotopic (exact) mass is 526 g/mol. The summed E-state index contributed by atoms with van der Waals surface area (Å²) < 4.78 is 34.0. The topological polar surface area (TPSA) is 122 Å². The number of pyridine rings is 2. The maximum Gasteiger partial charge on any atom is 0.281 e. The molecule has 2 aromatic heterocycles. The molecule has 0 spiro atoms. The second kappa shape index (κ2) is 10.8. The maximum atomic E-state index is 13.2. The molecule has 0 unspecified atom stereocenters. The average Bonchev–Trinajstić information content (AvgIpc) is 2.86. The molecule has 0 saturated heterocycles. The highest BCUT2D eigenvalue weighted by atomic mass is 32.2. The van der Waals surface area contributed by atoms with Gasteiger partial charge in [-0.2, -0.15) is 13.7 Å². The summed E-state index contributed by atoms with van der Waals surface area (Å²) in [5.74, 6) is -0.403. The molecule has 4 rings (SSSR count). The number of hydrogen-bond acceptors (Lipinski definition) is 7. The molecule has 1 amide bonds. The predicted octanol–water partition coefficient (Wildman–Crippen LogP) is 5.35. The normalized spacial score (nSPS) is 11.0. The fourth-order valence-corrected chi connectivity index (χ4v) is 5.04. The molecule has 2 heterocycles. The van der Waals surface area contributed by atoms with Crippen LogP contribution in [0, 0.1) is 39.0 Å². The van der Waals surface area contributed by atoms with Crippen molar-refractivity contribution in [1.82, 2.24) is 14.7 Å². The SMILES string of the molecule is Cc1cc(C)c(Oc2nc(-c3ccc(CC#N)cc3)ccc2C(=O)NS(=O)(=O)c2cccc(C)n2)c(C)c1. The Morgan fingerprint density at radius 1 is 0.947 bits per heavy atom. The number of rotatable bonds is 7. The molecule has 0 bridgehead atoms. The largest absolute Gasteiger partial charge is 0.438 e. The summed E-state index contributed by atoms with van der Waals surface area (Å²) in [5, 5.41) is 8.67. The second-order valence-electron chi connectivity index (χ2n) is 8.96.